The second-order valence-corrected chi connectivity index (χ2v) is 4.23. The standard InChI is InChI=1S/C6H13N5O3S/c1-14-3-2-9-15(12,13)10-4-6-7-5-8-11-6/h5,9-10H,2-4H2,1H3,(H,7,8,11). The lowest BCUT2D eigenvalue weighted by Crippen LogP contribution is -2.37. The topological polar surface area (TPSA) is 109 Å². The summed E-state index contributed by atoms with van der Waals surface area (Å²) < 4.78 is 31.8. The summed E-state index contributed by atoms with van der Waals surface area (Å²) in [6.45, 7) is 0.619. The van der Waals surface area contributed by atoms with Crippen LogP contribution in [0.5, 0.6) is 0 Å². The molecular formula is C6H13N5O3S. The van der Waals surface area contributed by atoms with Crippen LogP contribution in [-0.4, -0.2) is 43.9 Å². The van der Waals surface area contributed by atoms with Crippen LogP contribution in [-0.2, 0) is 21.5 Å². The molecule has 8 nitrogen and oxygen atoms in total. The number of aromatic nitrogens is 3. The highest BCUT2D eigenvalue weighted by atomic mass is 32.2. The van der Waals surface area contributed by atoms with E-state index in [2.05, 4.69) is 24.6 Å². The van der Waals surface area contributed by atoms with E-state index in [9.17, 15) is 8.42 Å². The van der Waals surface area contributed by atoms with Gasteiger partial charge in [-0.25, -0.2) is 4.98 Å². The minimum Gasteiger partial charge on any atom is -0.383 e. The molecule has 0 bridgehead atoms. The molecule has 0 aliphatic carbocycles. The van der Waals surface area contributed by atoms with Gasteiger partial charge in [-0.1, -0.05) is 0 Å². The number of hydrogen-bond acceptors (Lipinski definition) is 5. The molecule has 3 N–H and O–H groups in total. The lowest BCUT2D eigenvalue weighted by molar-refractivity contribution is 0.204. The molecule has 15 heavy (non-hydrogen) atoms. The molecule has 0 radical (unpaired) electrons. The van der Waals surface area contributed by atoms with Gasteiger partial charge in [-0.15, -0.1) is 0 Å². The molecule has 1 aromatic heterocycles. The van der Waals surface area contributed by atoms with E-state index in [4.69, 9.17) is 4.74 Å². The van der Waals surface area contributed by atoms with Crippen LogP contribution in [0.15, 0.2) is 6.33 Å². The van der Waals surface area contributed by atoms with Crippen LogP contribution < -0.4 is 9.44 Å². The van der Waals surface area contributed by atoms with Crippen LogP contribution in [0, 0.1) is 0 Å². The summed E-state index contributed by atoms with van der Waals surface area (Å²) in [5, 5.41) is 6.12. The first-order valence-electron chi connectivity index (χ1n) is 4.21. The molecule has 0 aromatic carbocycles. The third kappa shape index (κ3) is 4.83. The number of rotatable bonds is 7. The Balaban J connectivity index is 2.30. The van der Waals surface area contributed by atoms with Crippen LogP contribution >= 0.6 is 0 Å². The van der Waals surface area contributed by atoms with Crippen molar-refractivity contribution in [3.05, 3.63) is 12.2 Å². The Morgan fingerprint density at radius 3 is 2.93 bits per heavy atom. The van der Waals surface area contributed by atoms with Crippen molar-refractivity contribution in [2.45, 2.75) is 6.54 Å². The van der Waals surface area contributed by atoms with E-state index in [-0.39, 0.29) is 13.1 Å². The second-order valence-electron chi connectivity index (χ2n) is 2.64. The SMILES string of the molecule is COCCNS(=O)(=O)NCc1ncn[nH]1. The van der Waals surface area contributed by atoms with Gasteiger partial charge in [0.25, 0.3) is 10.2 Å². The van der Waals surface area contributed by atoms with E-state index >= 15 is 0 Å². The Bertz CT molecular complexity index is 362. The first-order chi connectivity index (χ1) is 7.14. The van der Waals surface area contributed by atoms with E-state index in [1.165, 1.54) is 13.4 Å². The maximum atomic E-state index is 11.3. The number of nitrogens with zero attached hydrogens (tertiary/aromatic N) is 2. The van der Waals surface area contributed by atoms with Gasteiger partial charge in [-0.3, -0.25) is 5.10 Å². The molecule has 9 heteroatoms. The molecule has 0 unspecified atom stereocenters. The van der Waals surface area contributed by atoms with Crippen molar-refractivity contribution < 1.29 is 13.2 Å². The summed E-state index contributed by atoms with van der Waals surface area (Å²) in [5.41, 5.74) is 0. The fourth-order valence-electron chi connectivity index (χ4n) is 0.808. The zero-order chi connectivity index (χ0) is 11.1. The van der Waals surface area contributed by atoms with Gasteiger partial charge in [0.1, 0.15) is 12.2 Å². The third-order valence-electron chi connectivity index (χ3n) is 1.49. The lowest BCUT2D eigenvalue weighted by Gasteiger charge is -2.05. The minimum absolute atomic E-state index is 0.0717. The molecule has 86 valence electrons. The Morgan fingerprint density at radius 2 is 2.33 bits per heavy atom. The van der Waals surface area contributed by atoms with Gasteiger partial charge in [-0.2, -0.15) is 23.0 Å². The predicted molar refractivity (Wildman–Crippen MR) is 52.0 cm³/mol. The van der Waals surface area contributed by atoms with Crippen LogP contribution in [0.1, 0.15) is 5.82 Å². The maximum Gasteiger partial charge on any atom is 0.277 e. The zero-order valence-corrected chi connectivity index (χ0v) is 9.04. The quantitative estimate of drug-likeness (QED) is 0.492. The molecular weight excluding hydrogens is 222 g/mol. The average molecular weight is 235 g/mol. The van der Waals surface area contributed by atoms with Gasteiger partial charge in [-0.05, 0) is 0 Å². The predicted octanol–water partition coefficient (Wildman–Crippen LogP) is -1.62. The fraction of sp³-hybridized carbons (Fsp3) is 0.667. The molecule has 1 heterocycles. The van der Waals surface area contributed by atoms with Crippen molar-refractivity contribution in [3.63, 3.8) is 0 Å². The number of methoxy groups -OCH3 is 1. The molecule has 0 saturated carbocycles. The average Bonchev–Trinajstić information content (AvgIpc) is 2.68. The maximum absolute atomic E-state index is 11.3. The van der Waals surface area contributed by atoms with Crippen molar-refractivity contribution >= 4 is 10.2 Å². The Morgan fingerprint density at radius 1 is 1.53 bits per heavy atom. The third-order valence-corrected chi connectivity index (χ3v) is 2.60. The molecule has 0 amide bonds. The summed E-state index contributed by atoms with van der Waals surface area (Å²) in [6.07, 6.45) is 1.31. The molecule has 0 fully saturated rings. The van der Waals surface area contributed by atoms with Crippen LogP contribution in [0.25, 0.3) is 0 Å². The van der Waals surface area contributed by atoms with E-state index in [0.29, 0.717) is 12.4 Å². The Hall–Kier alpha value is -1.03. The number of H-pyrrole nitrogens is 1. The monoisotopic (exact) mass is 235 g/mol. The first kappa shape index (κ1) is 12.0. The van der Waals surface area contributed by atoms with Gasteiger partial charge < -0.3 is 4.74 Å². The van der Waals surface area contributed by atoms with E-state index in [0.717, 1.165) is 0 Å². The van der Waals surface area contributed by atoms with Gasteiger partial charge in [0.15, 0.2) is 0 Å². The molecule has 0 spiro atoms. The van der Waals surface area contributed by atoms with Crippen molar-refractivity contribution in [1.82, 2.24) is 24.6 Å². The zero-order valence-electron chi connectivity index (χ0n) is 8.23. The highest BCUT2D eigenvalue weighted by molar-refractivity contribution is 7.87. The lowest BCUT2D eigenvalue weighted by atomic mass is 10.6. The van der Waals surface area contributed by atoms with Crippen LogP contribution in [0.3, 0.4) is 0 Å². The van der Waals surface area contributed by atoms with Gasteiger partial charge in [0, 0.05) is 13.7 Å². The Labute approximate surface area is 87.6 Å². The highest BCUT2D eigenvalue weighted by Gasteiger charge is 2.08. The minimum atomic E-state index is -3.50. The summed E-state index contributed by atoms with van der Waals surface area (Å²) in [4.78, 5) is 3.77. The van der Waals surface area contributed by atoms with Crippen molar-refractivity contribution in [2.75, 3.05) is 20.3 Å². The van der Waals surface area contributed by atoms with Crippen LogP contribution in [0.2, 0.25) is 0 Å². The number of hydrogen-bond donors (Lipinski definition) is 3. The summed E-state index contributed by atoms with van der Waals surface area (Å²) >= 11 is 0. The second kappa shape index (κ2) is 5.75. The molecule has 0 atom stereocenters. The molecule has 1 aromatic rings. The van der Waals surface area contributed by atoms with Gasteiger partial charge in [0.05, 0.1) is 13.2 Å². The highest BCUT2D eigenvalue weighted by Crippen LogP contribution is 1.86. The largest absolute Gasteiger partial charge is 0.383 e. The van der Waals surface area contributed by atoms with Crippen molar-refractivity contribution in [2.24, 2.45) is 0 Å². The number of nitrogens with one attached hydrogen (secondary N) is 3. The summed E-state index contributed by atoms with van der Waals surface area (Å²) in [5.74, 6) is 0.451. The summed E-state index contributed by atoms with van der Waals surface area (Å²) in [6, 6.07) is 0. The van der Waals surface area contributed by atoms with Gasteiger partial charge in [0.2, 0.25) is 0 Å². The molecule has 0 saturated heterocycles. The van der Waals surface area contributed by atoms with E-state index in [1.807, 2.05) is 0 Å². The van der Waals surface area contributed by atoms with Gasteiger partial charge >= 0.3 is 0 Å². The summed E-state index contributed by atoms with van der Waals surface area (Å²) in [7, 11) is -2.00. The molecule has 0 aliphatic heterocycles. The van der Waals surface area contributed by atoms with E-state index < -0.39 is 10.2 Å². The smallest absolute Gasteiger partial charge is 0.277 e. The Kier molecular flexibility index (Phi) is 4.62. The first-order valence-corrected chi connectivity index (χ1v) is 5.70. The van der Waals surface area contributed by atoms with E-state index in [1.54, 1.807) is 0 Å². The number of ether oxygens (including phenoxy) is 1. The normalized spacial score (nSPS) is 11.8. The fourth-order valence-corrected chi connectivity index (χ4v) is 1.59. The molecule has 0 aliphatic rings. The van der Waals surface area contributed by atoms with Crippen molar-refractivity contribution in [3.8, 4) is 0 Å². The number of aromatic amines is 1. The van der Waals surface area contributed by atoms with Crippen LogP contribution in [0.4, 0.5) is 0 Å². The molecule has 1 rings (SSSR count). The van der Waals surface area contributed by atoms with Crippen molar-refractivity contribution in [1.29, 1.82) is 0 Å².